The quantitative estimate of drug-likeness (QED) is 0.304. The maximum Gasteiger partial charge on any atom is 0.141 e. The summed E-state index contributed by atoms with van der Waals surface area (Å²) in [5, 5.41) is 0.586. The summed E-state index contributed by atoms with van der Waals surface area (Å²) >= 11 is 6.17. The van der Waals surface area contributed by atoms with Crippen LogP contribution in [0.15, 0.2) is 78.9 Å². The molecule has 3 nitrogen and oxygen atoms in total. The minimum atomic E-state index is -0.463. The summed E-state index contributed by atoms with van der Waals surface area (Å²) < 4.78 is 11.6. The van der Waals surface area contributed by atoms with Crippen LogP contribution in [0.3, 0.4) is 0 Å². The molecule has 0 N–H and O–H groups in total. The molecule has 4 heteroatoms. The van der Waals surface area contributed by atoms with E-state index >= 15 is 0 Å². The van der Waals surface area contributed by atoms with Gasteiger partial charge < -0.3 is 9.47 Å². The van der Waals surface area contributed by atoms with Crippen molar-refractivity contribution in [2.75, 3.05) is 20.2 Å². The zero-order chi connectivity index (χ0) is 24.9. The molecule has 4 rings (SSSR count). The molecular formula is C31H34ClNO2. The third-order valence-corrected chi connectivity index (χ3v) is 7.63. The SMILES string of the molecule is C#CC(CCC(C)(C)N1CC[C@@H](Oc2ccc(Cl)c(OC)c2)C1)(c1ccccc1)c1ccccc1. The Hall–Kier alpha value is -2.93. The number of terminal acetylenes is 1. The molecule has 1 aliphatic rings. The molecule has 182 valence electrons. The largest absolute Gasteiger partial charge is 0.495 e. The molecule has 0 bridgehead atoms. The molecule has 0 saturated carbocycles. The molecule has 0 spiro atoms. The molecule has 3 aromatic carbocycles. The monoisotopic (exact) mass is 487 g/mol. The van der Waals surface area contributed by atoms with Crippen molar-refractivity contribution < 1.29 is 9.47 Å². The molecule has 1 aliphatic heterocycles. The number of rotatable bonds is 9. The van der Waals surface area contributed by atoms with Crippen LogP contribution in [-0.2, 0) is 5.41 Å². The molecule has 3 aromatic rings. The van der Waals surface area contributed by atoms with Gasteiger partial charge in [-0.15, -0.1) is 6.42 Å². The summed E-state index contributed by atoms with van der Waals surface area (Å²) in [6.07, 6.45) is 9.22. The highest BCUT2D eigenvalue weighted by molar-refractivity contribution is 6.32. The van der Waals surface area contributed by atoms with Crippen LogP contribution in [0.5, 0.6) is 11.5 Å². The highest BCUT2D eigenvalue weighted by Gasteiger charge is 2.38. The Bertz CT molecular complexity index is 1110. The third kappa shape index (κ3) is 5.50. The fourth-order valence-corrected chi connectivity index (χ4v) is 5.27. The minimum Gasteiger partial charge on any atom is -0.495 e. The minimum absolute atomic E-state index is 0.0263. The first-order chi connectivity index (χ1) is 16.9. The summed E-state index contributed by atoms with van der Waals surface area (Å²) in [5.74, 6) is 4.62. The van der Waals surface area contributed by atoms with Crippen molar-refractivity contribution in [3.63, 3.8) is 0 Å². The van der Waals surface area contributed by atoms with Gasteiger partial charge in [-0.2, -0.15) is 0 Å². The van der Waals surface area contributed by atoms with E-state index in [1.807, 2.05) is 30.3 Å². The number of likely N-dealkylation sites (tertiary alicyclic amines) is 1. The Morgan fingerprint density at radius 1 is 0.971 bits per heavy atom. The molecule has 1 fully saturated rings. The van der Waals surface area contributed by atoms with Crippen LogP contribution in [0.25, 0.3) is 0 Å². The van der Waals surface area contributed by atoms with Crippen molar-refractivity contribution in [3.8, 4) is 23.8 Å². The van der Waals surface area contributed by atoms with Crippen LogP contribution in [-0.4, -0.2) is 36.7 Å². The van der Waals surface area contributed by atoms with Gasteiger partial charge >= 0.3 is 0 Å². The number of methoxy groups -OCH3 is 1. The number of hydrogen-bond acceptors (Lipinski definition) is 3. The Kier molecular flexibility index (Phi) is 7.75. The number of hydrogen-bond donors (Lipinski definition) is 0. The van der Waals surface area contributed by atoms with Crippen LogP contribution < -0.4 is 9.47 Å². The first kappa shape index (κ1) is 25.2. The predicted molar refractivity (Wildman–Crippen MR) is 144 cm³/mol. The normalized spacial score (nSPS) is 16.6. The average molecular weight is 488 g/mol. The maximum atomic E-state index is 6.29. The molecule has 0 unspecified atom stereocenters. The van der Waals surface area contributed by atoms with E-state index in [1.165, 1.54) is 11.1 Å². The van der Waals surface area contributed by atoms with Gasteiger partial charge in [-0.1, -0.05) is 78.2 Å². The maximum absolute atomic E-state index is 6.29. The van der Waals surface area contributed by atoms with Gasteiger partial charge in [0.05, 0.1) is 17.5 Å². The first-order valence-corrected chi connectivity index (χ1v) is 12.6. The highest BCUT2D eigenvalue weighted by atomic mass is 35.5. The Balaban J connectivity index is 1.48. The molecule has 1 heterocycles. The highest BCUT2D eigenvalue weighted by Crippen LogP contribution is 2.40. The lowest BCUT2D eigenvalue weighted by Crippen LogP contribution is -2.44. The summed E-state index contributed by atoms with van der Waals surface area (Å²) in [5.41, 5.74) is 1.85. The Labute approximate surface area is 215 Å². The lowest BCUT2D eigenvalue weighted by molar-refractivity contribution is 0.114. The fourth-order valence-electron chi connectivity index (χ4n) is 5.07. The second-order valence-corrected chi connectivity index (χ2v) is 10.3. The summed E-state index contributed by atoms with van der Waals surface area (Å²) in [7, 11) is 1.62. The third-order valence-electron chi connectivity index (χ3n) is 7.32. The van der Waals surface area contributed by atoms with Gasteiger partial charge in [0.25, 0.3) is 0 Å². The number of ether oxygens (including phenoxy) is 2. The Morgan fingerprint density at radius 2 is 1.60 bits per heavy atom. The predicted octanol–water partition coefficient (Wildman–Crippen LogP) is 6.98. The fraction of sp³-hybridized carbons (Fsp3) is 0.355. The van der Waals surface area contributed by atoms with Gasteiger partial charge in [0.1, 0.15) is 17.6 Å². The van der Waals surface area contributed by atoms with E-state index < -0.39 is 5.41 Å². The molecule has 1 saturated heterocycles. The second kappa shape index (κ2) is 10.8. The van der Waals surface area contributed by atoms with Crippen molar-refractivity contribution >= 4 is 11.6 Å². The van der Waals surface area contributed by atoms with Crippen molar-refractivity contribution in [2.45, 2.75) is 50.2 Å². The average Bonchev–Trinajstić information content (AvgIpc) is 3.37. The summed E-state index contributed by atoms with van der Waals surface area (Å²) in [4.78, 5) is 2.53. The molecule has 0 aromatic heterocycles. The van der Waals surface area contributed by atoms with Crippen LogP contribution in [0.2, 0.25) is 5.02 Å². The first-order valence-electron chi connectivity index (χ1n) is 12.2. The van der Waals surface area contributed by atoms with Crippen LogP contribution >= 0.6 is 11.6 Å². The lowest BCUT2D eigenvalue weighted by Gasteiger charge is -2.39. The summed E-state index contributed by atoms with van der Waals surface area (Å²) in [6, 6.07) is 26.6. The second-order valence-electron chi connectivity index (χ2n) is 9.87. The smallest absolute Gasteiger partial charge is 0.141 e. The Morgan fingerprint density at radius 3 is 2.17 bits per heavy atom. The van der Waals surface area contributed by atoms with Crippen molar-refractivity contribution in [1.82, 2.24) is 4.90 Å². The van der Waals surface area contributed by atoms with E-state index in [0.29, 0.717) is 10.8 Å². The molecular weight excluding hydrogens is 454 g/mol. The number of halogens is 1. The van der Waals surface area contributed by atoms with E-state index in [1.54, 1.807) is 7.11 Å². The molecule has 0 aliphatic carbocycles. The lowest BCUT2D eigenvalue weighted by atomic mass is 9.70. The van der Waals surface area contributed by atoms with E-state index in [4.69, 9.17) is 27.5 Å². The van der Waals surface area contributed by atoms with Gasteiger partial charge in [-0.05, 0) is 56.4 Å². The summed E-state index contributed by atoms with van der Waals surface area (Å²) in [6.45, 7) is 6.50. The molecule has 35 heavy (non-hydrogen) atoms. The van der Waals surface area contributed by atoms with E-state index in [2.05, 4.69) is 73.2 Å². The van der Waals surface area contributed by atoms with Gasteiger partial charge in [0.15, 0.2) is 0 Å². The molecule has 1 atom stereocenters. The molecule has 0 amide bonds. The number of nitrogens with zero attached hydrogens (tertiary/aromatic N) is 1. The van der Waals surface area contributed by atoms with E-state index in [9.17, 15) is 0 Å². The van der Waals surface area contributed by atoms with E-state index in [0.717, 1.165) is 38.1 Å². The van der Waals surface area contributed by atoms with Gasteiger partial charge in [0.2, 0.25) is 0 Å². The van der Waals surface area contributed by atoms with Gasteiger partial charge in [-0.25, -0.2) is 0 Å². The zero-order valence-electron chi connectivity index (χ0n) is 20.8. The van der Waals surface area contributed by atoms with Gasteiger partial charge in [0, 0.05) is 24.7 Å². The topological polar surface area (TPSA) is 21.7 Å². The van der Waals surface area contributed by atoms with Crippen LogP contribution in [0.1, 0.15) is 44.2 Å². The van der Waals surface area contributed by atoms with Crippen molar-refractivity contribution in [2.24, 2.45) is 0 Å². The van der Waals surface area contributed by atoms with Crippen LogP contribution in [0, 0.1) is 12.3 Å². The van der Waals surface area contributed by atoms with Crippen molar-refractivity contribution in [1.29, 1.82) is 0 Å². The van der Waals surface area contributed by atoms with E-state index in [-0.39, 0.29) is 11.6 Å². The zero-order valence-corrected chi connectivity index (χ0v) is 21.6. The van der Waals surface area contributed by atoms with Gasteiger partial charge in [-0.3, -0.25) is 4.90 Å². The standard InChI is InChI=1S/C31H34ClNO2/c1-5-31(24-12-8-6-9-13-24,25-14-10-7-11-15-25)20-19-30(2,3)33-21-18-27(23-33)35-26-16-17-28(32)29(22-26)34-4/h1,6-17,22,27H,18-21,23H2,2-4H3/t27-/m1/s1. The molecule has 0 radical (unpaired) electrons. The van der Waals surface area contributed by atoms with Crippen molar-refractivity contribution in [3.05, 3.63) is 95.0 Å². The number of benzene rings is 3. The van der Waals surface area contributed by atoms with Crippen LogP contribution in [0.4, 0.5) is 0 Å².